The van der Waals surface area contributed by atoms with Gasteiger partial charge in [0, 0.05) is 17.6 Å². The summed E-state index contributed by atoms with van der Waals surface area (Å²) < 4.78 is 5.03. The molecule has 14 heavy (non-hydrogen) atoms. The van der Waals surface area contributed by atoms with Gasteiger partial charge in [-0.25, -0.2) is 4.79 Å². The van der Waals surface area contributed by atoms with Gasteiger partial charge in [-0.15, -0.1) is 0 Å². The molecular formula is C9H18O4S. The molecule has 84 valence electrons. The first kappa shape index (κ1) is 13.7. The minimum atomic E-state index is -0.947. The van der Waals surface area contributed by atoms with Crippen LogP contribution in [0.1, 0.15) is 20.8 Å². The van der Waals surface area contributed by atoms with E-state index in [-0.39, 0.29) is 5.25 Å². The Morgan fingerprint density at radius 3 is 2.43 bits per heavy atom. The van der Waals surface area contributed by atoms with E-state index in [1.165, 1.54) is 11.8 Å². The number of rotatable bonds is 7. The second-order valence-electron chi connectivity index (χ2n) is 3.06. The van der Waals surface area contributed by atoms with Crippen LogP contribution in [0.15, 0.2) is 0 Å². The number of carboxylic acids is 1. The molecule has 0 amide bonds. The third-order valence-corrected chi connectivity index (χ3v) is 3.25. The third kappa shape index (κ3) is 5.47. The maximum absolute atomic E-state index is 10.7. The first-order valence-corrected chi connectivity index (χ1v) is 5.68. The number of aliphatic hydroxyl groups excluding tert-OH is 1. The summed E-state index contributed by atoms with van der Waals surface area (Å²) in [5, 5.41) is 18.0. The van der Waals surface area contributed by atoms with E-state index in [4.69, 9.17) is 9.84 Å². The highest BCUT2D eigenvalue weighted by Gasteiger charge is 2.19. The lowest BCUT2D eigenvalue weighted by atomic mass is 10.3. The van der Waals surface area contributed by atoms with Crippen LogP contribution in [0, 0.1) is 0 Å². The first-order valence-electron chi connectivity index (χ1n) is 4.63. The van der Waals surface area contributed by atoms with E-state index in [1.54, 1.807) is 13.8 Å². The van der Waals surface area contributed by atoms with Crippen LogP contribution >= 0.6 is 11.8 Å². The summed E-state index contributed by atoms with van der Waals surface area (Å²) in [6, 6.07) is 0. The minimum Gasteiger partial charge on any atom is -0.479 e. The predicted molar refractivity (Wildman–Crippen MR) is 56.7 cm³/mol. The van der Waals surface area contributed by atoms with Crippen molar-refractivity contribution in [2.45, 2.75) is 38.2 Å². The van der Waals surface area contributed by atoms with Gasteiger partial charge in [-0.05, 0) is 13.8 Å². The summed E-state index contributed by atoms with van der Waals surface area (Å²) in [5.74, 6) is -0.577. The Bertz CT molecular complexity index is 172. The lowest BCUT2D eigenvalue weighted by Crippen LogP contribution is -2.28. The molecule has 0 aliphatic carbocycles. The van der Waals surface area contributed by atoms with Crippen LogP contribution in [0.2, 0.25) is 0 Å². The lowest BCUT2D eigenvalue weighted by Gasteiger charge is -2.17. The van der Waals surface area contributed by atoms with E-state index in [0.717, 1.165) is 0 Å². The van der Waals surface area contributed by atoms with Crippen LogP contribution < -0.4 is 0 Å². The fourth-order valence-electron chi connectivity index (χ4n) is 0.770. The normalized spacial score (nSPS) is 17.4. The predicted octanol–water partition coefficient (Wildman–Crippen LogP) is 0.979. The average Bonchev–Trinajstić information content (AvgIpc) is 2.10. The molecule has 0 radical (unpaired) electrons. The van der Waals surface area contributed by atoms with Gasteiger partial charge in [0.1, 0.15) is 0 Å². The SMILES string of the molecule is CCOC(CSC(C)C(C)O)C(=O)O. The molecule has 0 aliphatic rings. The molecule has 0 aromatic heterocycles. The van der Waals surface area contributed by atoms with Crippen LogP contribution in [-0.4, -0.2) is 46.0 Å². The van der Waals surface area contributed by atoms with Gasteiger partial charge in [0.15, 0.2) is 6.10 Å². The van der Waals surface area contributed by atoms with Gasteiger partial charge in [0.05, 0.1) is 6.10 Å². The molecule has 0 fully saturated rings. The quantitative estimate of drug-likeness (QED) is 0.672. The van der Waals surface area contributed by atoms with E-state index in [1.807, 2.05) is 6.92 Å². The molecule has 0 aromatic rings. The van der Waals surface area contributed by atoms with Crippen molar-refractivity contribution in [2.24, 2.45) is 0 Å². The van der Waals surface area contributed by atoms with Crippen molar-refractivity contribution in [3.8, 4) is 0 Å². The maximum atomic E-state index is 10.7. The second kappa shape index (κ2) is 7.09. The van der Waals surface area contributed by atoms with Gasteiger partial charge in [-0.3, -0.25) is 0 Å². The topological polar surface area (TPSA) is 66.8 Å². The number of aliphatic hydroxyl groups is 1. The van der Waals surface area contributed by atoms with Crippen molar-refractivity contribution >= 4 is 17.7 Å². The van der Waals surface area contributed by atoms with Crippen molar-refractivity contribution in [1.29, 1.82) is 0 Å². The molecule has 5 heteroatoms. The van der Waals surface area contributed by atoms with Crippen molar-refractivity contribution in [2.75, 3.05) is 12.4 Å². The zero-order valence-corrected chi connectivity index (χ0v) is 9.58. The van der Waals surface area contributed by atoms with Crippen LogP contribution in [0.25, 0.3) is 0 Å². The van der Waals surface area contributed by atoms with E-state index in [0.29, 0.717) is 12.4 Å². The first-order chi connectivity index (χ1) is 6.49. The molecular weight excluding hydrogens is 204 g/mol. The molecule has 0 spiro atoms. The molecule has 0 aliphatic heterocycles. The van der Waals surface area contributed by atoms with E-state index in [9.17, 15) is 9.90 Å². The number of carbonyl (C=O) groups is 1. The zero-order valence-electron chi connectivity index (χ0n) is 8.77. The van der Waals surface area contributed by atoms with Gasteiger partial charge >= 0.3 is 5.97 Å². The van der Waals surface area contributed by atoms with E-state index in [2.05, 4.69) is 0 Å². The molecule has 0 saturated heterocycles. The van der Waals surface area contributed by atoms with Crippen molar-refractivity contribution < 1.29 is 19.7 Å². The summed E-state index contributed by atoms with van der Waals surface area (Å²) in [6.07, 6.45) is -1.21. The molecule has 0 saturated carbocycles. The Morgan fingerprint density at radius 1 is 1.50 bits per heavy atom. The maximum Gasteiger partial charge on any atom is 0.333 e. The Balaban J connectivity index is 3.87. The van der Waals surface area contributed by atoms with E-state index >= 15 is 0 Å². The summed E-state index contributed by atoms with van der Waals surface area (Å²) in [5.41, 5.74) is 0. The number of aliphatic carboxylic acids is 1. The number of hydrogen-bond donors (Lipinski definition) is 2. The number of carboxylic acid groups (broad SMARTS) is 1. The van der Waals surface area contributed by atoms with Gasteiger partial charge in [0.25, 0.3) is 0 Å². The standard InChI is InChI=1S/C9H18O4S/c1-4-13-8(9(11)12)5-14-7(3)6(2)10/h6-8,10H,4-5H2,1-3H3,(H,11,12). The molecule has 3 unspecified atom stereocenters. The molecule has 4 nitrogen and oxygen atoms in total. The van der Waals surface area contributed by atoms with Gasteiger partial charge in [0.2, 0.25) is 0 Å². The Hall–Kier alpha value is -0.260. The number of hydrogen-bond acceptors (Lipinski definition) is 4. The summed E-state index contributed by atoms with van der Waals surface area (Å²) in [6.45, 7) is 5.70. The number of thioether (sulfide) groups is 1. The summed E-state index contributed by atoms with van der Waals surface area (Å²) >= 11 is 1.41. The van der Waals surface area contributed by atoms with Crippen LogP contribution in [0.4, 0.5) is 0 Å². The third-order valence-electron chi connectivity index (χ3n) is 1.83. The molecule has 0 heterocycles. The fraction of sp³-hybridized carbons (Fsp3) is 0.889. The van der Waals surface area contributed by atoms with Crippen molar-refractivity contribution in [3.63, 3.8) is 0 Å². The van der Waals surface area contributed by atoms with Gasteiger partial charge in [-0.2, -0.15) is 11.8 Å². The minimum absolute atomic E-state index is 0.0253. The monoisotopic (exact) mass is 222 g/mol. The largest absolute Gasteiger partial charge is 0.479 e. The van der Waals surface area contributed by atoms with Gasteiger partial charge < -0.3 is 14.9 Å². The lowest BCUT2D eigenvalue weighted by molar-refractivity contribution is -0.148. The molecule has 0 aromatic carbocycles. The zero-order chi connectivity index (χ0) is 11.1. The molecule has 2 N–H and O–H groups in total. The van der Waals surface area contributed by atoms with Crippen molar-refractivity contribution in [1.82, 2.24) is 0 Å². The molecule has 0 bridgehead atoms. The second-order valence-corrected chi connectivity index (χ2v) is 4.47. The molecule has 0 rings (SSSR count). The van der Waals surface area contributed by atoms with Gasteiger partial charge in [-0.1, -0.05) is 6.92 Å². The smallest absolute Gasteiger partial charge is 0.333 e. The highest BCUT2D eigenvalue weighted by atomic mass is 32.2. The highest BCUT2D eigenvalue weighted by Crippen LogP contribution is 2.16. The number of ether oxygens (including phenoxy) is 1. The summed E-state index contributed by atoms with van der Waals surface area (Å²) in [4.78, 5) is 10.7. The Kier molecular flexibility index (Phi) is 6.96. The van der Waals surface area contributed by atoms with E-state index < -0.39 is 18.2 Å². The summed E-state index contributed by atoms with van der Waals surface area (Å²) in [7, 11) is 0. The van der Waals surface area contributed by atoms with Crippen molar-refractivity contribution in [3.05, 3.63) is 0 Å². The van der Waals surface area contributed by atoms with Crippen LogP contribution in [0.5, 0.6) is 0 Å². The highest BCUT2D eigenvalue weighted by molar-refractivity contribution is 8.00. The Labute approximate surface area is 88.6 Å². The molecule has 3 atom stereocenters. The average molecular weight is 222 g/mol. The Morgan fingerprint density at radius 2 is 2.07 bits per heavy atom. The fourth-order valence-corrected chi connectivity index (χ4v) is 1.77. The van der Waals surface area contributed by atoms with Crippen LogP contribution in [-0.2, 0) is 9.53 Å². The van der Waals surface area contributed by atoms with Crippen LogP contribution in [0.3, 0.4) is 0 Å².